The lowest BCUT2D eigenvalue weighted by atomic mass is 10.1. The van der Waals surface area contributed by atoms with E-state index in [1.807, 2.05) is 18.2 Å². The molecule has 0 saturated heterocycles. The molecule has 0 aromatic heterocycles. The summed E-state index contributed by atoms with van der Waals surface area (Å²) < 4.78 is 0. The molecule has 0 atom stereocenters. The van der Waals surface area contributed by atoms with Gasteiger partial charge >= 0.3 is 0 Å². The Hall–Kier alpha value is -1.42. The summed E-state index contributed by atoms with van der Waals surface area (Å²) >= 11 is 4.58. The highest BCUT2D eigenvalue weighted by Crippen LogP contribution is 1.98. The van der Waals surface area contributed by atoms with Gasteiger partial charge in [-0.15, -0.1) is 0 Å². The van der Waals surface area contributed by atoms with Crippen molar-refractivity contribution in [2.45, 2.75) is 0 Å². The molecule has 3 nitrogen and oxygen atoms in total. The first-order chi connectivity index (χ1) is 6.20. The Kier molecular flexibility index (Phi) is 3.40. The summed E-state index contributed by atoms with van der Waals surface area (Å²) in [6, 6.07) is 8.99. The second-order valence-electron chi connectivity index (χ2n) is 2.51. The first-order valence-corrected chi connectivity index (χ1v) is 4.22. The topological polar surface area (TPSA) is 55.1 Å². The van der Waals surface area contributed by atoms with Crippen molar-refractivity contribution < 1.29 is 4.79 Å². The normalized spacial score (nSPS) is 9.23. The number of nitrogens with one attached hydrogen (secondary N) is 1. The summed E-state index contributed by atoms with van der Waals surface area (Å²) in [7, 11) is 0. The number of carbonyl (C=O) groups is 1. The Morgan fingerprint density at radius 2 is 2.00 bits per heavy atom. The monoisotopic (exact) mass is 194 g/mol. The Labute approximate surface area is 81.9 Å². The minimum Gasteiger partial charge on any atom is -0.376 e. The van der Waals surface area contributed by atoms with E-state index < -0.39 is 0 Å². The van der Waals surface area contributed by atoms with Crippen LogP contribution in [0.25, 0.3) is 0 Å². The van der Waals surface area contributed by atoms with Gasteiger partial charge in [0, 0.05) is 5.56 Å². The number of hydrogen-bond acceptors (Lipinski definition) is 2. The van der Waals surface area contributed by atoms with Crippen LogP contribution in [0.5, 0.6) is 0 Å². The fourth-order valence-corrected chi connectivity index (χ4v) is 0.966. The summed E-state index contributed by atoms with van der Waals surface area (Å²) in [5.41, 5.74) is 5.85. The number of carbonyl (C=O) groups excluding carboxylic acids is 1. The van der Waals surface area contributed by atoms with Crippen LogP contribution in [-0.4, -0.2) is 17.4 Å². The van der Waals surface area contributed by atoms with E-state index in [4.69, 9.17) is 5.73 Å². The molecular formula is C9H10N2OS. The zero-order valence-electron chi connectivity index (χ0n) is 6.99. The number of benzene rings is 1. The molecule has 0 aliphatic rings. The third-order valence-electron chi connectivity index (χ3n) is 1.52. The Bertz CT molecular complexity index is 311. The molecule has 3 N–H and O–H groups in total. The van der Waals surface area contributed by atoms with Crippen LogP contribution in [0.3, 0.4) is 0 Å². The average Bonchev–Trinajstić information content (AvgIpc) is 2.15. The average molecular weight is 194 g/mol. The van der Waals surface area contributed by atoms with Gasteiger partial charge < -0.3 is 11.1 Å². The smallest absolute Gasteiger partial charge is 0.181 e. The van der Waals surface area contributed by atoms with E-state index in [9.17, 15) is 4.79 Å². The van der Waals surface area contributed by atoms with Gasteiger partial charge in [0.05, 0.1) is 6.54 Å². The van der Waals surface area contributed by atoms with Gasteiger partial charge in [-0.3, -0.25) is 4.79 Å². The van der Waals surface area contributed by atoms with E-state index in [2.05, 4.69) is 17.5 Å². The lowest BCUT2D eigenvalue weighted by molar-refractivity contribution is 0.0996. The number of hydrogen-bond donors (Lipinski definition) is 2. The van der Waals surface area contributed by atoms with E-state index in [-0.39, 0.29) is 17.4 Å². The van der Waals surface area contributed by atoms with Crippen LogP contribution in [0.15, 0.2) is 30.3 Å². The molecule has 13 heavy (non-hydrogen) atoms. The molecule has 0 heterocycles. The Balaban J connectivity index is 2.54. The number of rotatable bonds is 3. The van der Waals surface area contributed by atoms with Gasteiger partial charge in [-0.2, -0.15) is 0 Å². The second-order valence-corrected chi connectivity index (χ2v) is 2.95. The lowest BCUT2D eigenvalue weighted by Gasteiger charge is -2.02. The SMILES string of the molecule is NC(=S)NCC(=O)c1ccccc1. The van der Waals surface area contributed by atoms with E-state index in [0.29, 0.717) is 5.56 Å². The number of ketones is 1. The second kappa shape index (κ2) is 4.57. The molecule has 0 aliphatic carbocycles. The molecule has 0 saturated carbocycles. The molecule has 1 aromatic carbocycles. The van der Waals surface area contributed by atoms with Gasteiger partial charge in [0.1, 0.15) is 0 Å². The van der Waals surface area contributed by atoms with Crippen LogP contribution in [0, 0.1) is 0 Å². The van der Waals surface area contributed by atoms with Crippen LogP contribution in [0.4, 0.5) is 0 Å². The first kappa shape index (κ1) is 9.67. The quantitative estimate of drug-likeness (QED) is 0.549. The van der Waals surface area contributed by atoms with Crippen LogP contribution in [0.1, 0.15) is 10.4 Å². The maximum absolute atomic E-state index is 11.4. The summed E-state index contributed by atoms with van der Waals surface area (Å²) in [5.74, 6) is -0.0200. The third-order valence-corrected chi connectivity index (χ3v) is 1.66. The maximum Gasteiger partial charge on any atom is 0.181 e. The minimum absolute atomic E-state index is 0.0200. The van der Waals surface area contributed by atoms with Crippen molar-refractivity contribution in [1.82, 2.24) is 5.32 Å². The molecule has 0 unspecified atom stereocenters. The Morgan fingerprint density at radius 1 is 1.38 bits per heavy atom. The maximum atomic E-state index is 11.4. The van der Waals surface area contributed by atoms with Gasteiger partial charge in [0.15, 0.2) is 10.9 Å². The van der Waals surface area contributed by atoms with E-state index in [1.54, 1.807) is 12.1 Å². The molecule has 1 rings (SSSR count). The summed E-state index contributed by atoms with van der Waals surface area (Å²) in [5, 5.41) is 2.75. The highest BCUT2D eigenvalue weighted by molar-refractivity contribution is 7.80. The molecule has 68 valence electrons. The molecule has 0 aliphatic heterocycles. The van der Waals surface area contributed by atoms with Crippen molar-refractivity contribution in [2.75, 3.05) is 6.54 Å². The molecule has 0 bridgehead atoms. The number of thiocarbonyl (C=S) groups is 1. The molecule has 0 amide bonds. The van der Waals surface area contributed by atoms with Gasteiger partial charge in [0.2, 0.25) is 0 Å². The van der Waals surface area contributed by atoms with Crippen molar-refractivity contribution in [3.8, 4) is 0 Å². The fraction of sp³-hybridized carbons (Fsp3) is 0.111. The summed E-state index contributed by atoms with van der Waals surface area (Å²) in [4.78, 5) is 11.4. The first-order valence-electron chi connectivity index (χ1n) is 3.81. The third kappa shape index (κ3) is 3.21. The van der Waals surface area contributed by atoms with Crippen molar-refractivity contribution >= 4 is 23.1 Å². The minimum atomic E-state index is -0.0200. The van der Waals surface area contributed by atoms with Gasteiger partial charge in [-0.25, -0.2) is 0 Å². The molecule has 0 radical (unpaired) electrons. The highest BCUT2D eigenvalue weighted by Gasteiger charge is 2.03. The zero-order chi connectivity index (χ0) is 9.68. The van der Waals surface area contributed by atoms with Crippen LogP contribution in [0.2, 0.25) is 0 Å². The standard InChI is InChI=1S/C9H10N2OS/c10-9(13)11-6-8(12)7-4-2-1-3-5-7/h1-5H,6H2,(H3,10,11,13). The van der Waals surface area contributed by atoms with E-state index in [0.717, 1.165) is 0 Å². The molecule has 0 spiro atoms. The molecule has 4 heteroatoms. The molecule has 1 aromatic rings. The van der Waals surface area contributed by atoms with Crippen LogP contribution < -0.4 is 11.1 Å². The van der Waals surface area contributed by atoms with Crippen molar-refractivity contribution in [2.24, 2.45) is 5.73 Å². The van der Waals surface area contributed by atoms with Crippen molar-refractivity contribution in [3.63, 3.8) is 0 Å². The van der Waals surface area contributed by atoms with Crippen LogP contribution in [-0.2, 0) is 0 Å². The predicted octanol–water partition coefficient (Wildman–Crippen LogP) is 0.703. The van der Waals surface area contributed by atoms with Gasteiger partial charge in [-0.1, -0.05) is 30.3 Å². The Morgan fingerprint density at radius 3 is 2.54 bits per heavy atom. The van der Waals surface area contributed by atoms with Crippen molar-refractivity contribution in [1.29, 1.82) is 0 Å². The molecular weight excluding hydrogens is 184 g/mol. The molecule has 0 fully saturated rings. The predicted molar refractivity (Wildman–Crippen MR) is 55.6 cm³/mol. The largest absolute Gasteiger partial charge is 0.376 e. The number of nitrogens with two attached hydrogens (primary N) is 1. The van der Waals surface area contributed by atoms with E-state index in [1.165, 1.54) is 0 Å². The van der Waals surface area contributed by atoms with E-state index >= 15 is 0 Å². The lowest BCUT2D eigenvalue weighted by Crippen LogP contribution is -2.33. The van der Waals surface area contributed by atoms with Crippen molar-refractivity contribution in [3.05, 3.63) is 35.9 Å². The zero-order valence-corrected chi connectivity index (χ0v) is 7.80. The van der Waals surface area contributed by atoms with Gasteiger partial charge in [-0.05, 0) is 12.2 Å². The van der Waals surface area contributed by atoms with Gasteiger partial charge in [0.25, 0.3) is 0 Å². The number of Topliss-reactive ketones (excluding diaryl/α,β-unsaturated/α-hetero) is 1. The van der Waals surface area contributed by atoms with Crippen LogP contribution >= 0.6 is 12.2 Å². The fourth-order valence-electron chi connectivity index (χ4n) is 0.894. The highest BCUT2D eigenvalue weighted by atomic mass is 32.1. The summed E-state index contributed by atoms with van der Waals surface area (Å²) in [6.07, 6.45) is 0. The summed E-state index contributed by atoms with van der Waals surface area (Å²) in [6.45, 7) is 0.152.